The van der Waals surface area contributed by atoms with Gasteiger partial charge in [0.05, 0.1) is 17.1 Å². The summed E-state index contributed by atoms with van der Waals surface area (Å²) in [4.78, 5) is 23.1. The maximum Gasteiger partial charge on any atom is 0.303 e. The number of halogens is 2. The van der Waals surface area contributed by atoms with Crippen LogP contribution in [0.1, 0.15) is 38.5 Å². The van der Waals surface area contributed by atoms with E-state index in [1.807, 2.05) is 0 Å². The van der Waals surface area contributed by atoms with E-state index in [4.69, 9.17) is 16.7 Å². The lowest BCUT2D eigenvalue weighted by Crippen LogP contribution is -2.28. The number of hydrogen-bond acceptors (Lipinski definition) is 2. The van der Waals surface area contributed by atoms with E-state index in [1.54, 1.807) is 0 Å². The standard InChI is InChI=1S/C15H17ClFNO3/c16-10-4-3-5-11(17)14(10)18-12(19)8-15(9-13(20)21)6-1-2-7-15/h3-5H,1-2,6-9H2,(H,18,19)(H,20,21). The minimum Gasteiger partial charge on any atom is -0.481 e. The maximum absolute atomic E-state index is 13.6. The fraction of sp³-hybridized carbons (Fsp3) is 0.467. The highest BCUT2D eigenvalue weighted by molar-refractivity contribution is 6.33. The van der Waals surface area contributed by atoms with Crippen molar-refractivity contribution < 1.29 is 19.1 Å². The Labute approximate surface area is 127 Å². The van der Waals surface area contributed by atoms with Crippen molar-refractivity contribution in [3.63, 3.8) is 0 Å². The Bertz CT molecular complexity index is 536. The molecule has 0 bridgehead atoms. The summed E-state index contributed by atoms with van der Waals surface area (Å²) in [7, 11) is 0. The molecule has 0 radical (unpaired) electrons. The zero-order chi connectivity index (χ0) is 15.5. The summed E-state index contributed by atoms with van der Waals surface area (Å²) in [6, 6.07) is 4.16. The van der Waals surface area contributed by atoms with Crippen LogP contribution in [-0.2, 0) is 9.59 Å². The van der Waals surface area contributed by atoms with Gasteiger partial charge in [0, 0.05) is 6.42 Å². The summed E-state index contributed by atoms with van der Waals surface area (Å²) in [5, 5.41) is 11.6. The number of benzene rings is 1. The van der Waals surface area contributed by atoms with Crippen LogP contribution in [0.2, 0.25) is 5.02 Å². The average molecular weight is 314 g/mol. The summed E-state index contributed by atoms with van der Waals surface area (Å²) >= 11 is 5.86. The Hall–Kier alpha value is -1.62. The highest BCUT2D eigenvalue weighted by Crippen LogP contribution is 2.44. The number of carboxylic acid groups (broad SMARTS) is 1. The van der Waals surface area contributed by atoms with E-state index in [-0.39, 0.29) is 23.6 Å². The van der Waals surface area contributed by atoms with Crippen molar-refractivity contribution in [2.75, 3.05) is 5.32 Å². The number of hydrogen-bond donors (Lipinski definition) is 2. The van der Waals surface area contributed by atoms with Crippen LogP contribution in [0.4, 0.5) is 10.1 Å². The summed E-state index contributed by atoms with van der Waals surface area (Å²) in [5.74, 6) is -1.91. The number of nitrogens with one attached hydrogen (secondary N) is 1. The van der Waals surface area contributed by atoms with Crippen LogP contribution in [0, 0.1) is 11.2 Å². The first-order chi connectivity index (χ1) is 9.92. The van der Waals surface area contributed by atoms with Crippen molar-refractivity contribution in [2.24, 2.45) is 5.41 Å². The van der Waals surface area contributed by atoms with Gasteiger partial charge in [0.15, 0.2) is 0 Å². The number of anilines is 1. The lowest BCUT2D eigenvalue weighted by molar-refractivity contribution is -0.140. The summed E-state index contributed by atoms with van der Waals surface area (Å²) in [6.45, 7) is 0. The third kappa shape index (κ3) is 3.94. The van der Waals surface area contributed by atoms with Gasteiger partial charge in [0.25, 0.3) is 0 Å². The van der Waals surface area contributed by atoms with E-state index >= 15 is 0 Å². The molecular weight excluding hydrogens is 297 g/mol. The van der Waals surface area contributed by atoms with Crippen molar-refractivity contribution in [2.45, 2.75) is 38.5 Å². The SMILES string of the molecule is O=C(O)CC1(CC(=O)Nc2c(F)cccc2Cl)CCCC1. The van der Waals surface area contributed by atoms with Crippen molar-refractivity contribution in [3.8, 4) is 0 Å². The van der Waals surface area contributed by atoms with Gasteiger partial charge >= 0.3 is 5.97 Å². The molecule has 1 fully saturated rings. The number of aliphatic carboxylic acids is 1. The van der Waals surface area contributed by atoms with Gasteiger partial charge in [-0.2, -0.15) is 0 Å². The molecule has 1 aromatic rings. The molecule has 0 atom stereocenters. The summed E-state index contributed by atoms with van der Waals surface area (Å²) in [6.07, 6.45) is 3.28. The third-order valence-electron chi connectivity index (χ3n) is 3.95. The Morgan fingerprint density at radius 3 is 2.52 bits per heavy atom. The smallest absolute Gasteiger partial charge is 0.303 e. The van der Waals surface area contributed by atoms with Gasteiger partial charge in [0.2, 0.25) is 5.91 Å². The first-order valence-electron chi connectivity index (χ1n) is 6.88. The quantitative estimate of drug-likeness (QED) is 0.868. The molecule has 21 heavy (non-hydrogen) atoms. The Balaban J connectivity index is 2.08. The number of carboxylic acids is 1. The van der Waals surface area contributed by atoms with E-state index in [0.717, 1.165) is 12.8 Å². The molecule has 2 N–H and O–H groups in total. The average Bonchev–Trinajstić information content (AvgIpc) is 2.81. The fourth-order valence-corrected chi connectivity index (χ4v) is 3.21. The Morgan fingerprint density at radius 1 is 1.29 bits per heavy atom. The lowest BCUT2D eigenvalue weighted by Gasteiger charge is -2.26. The van der Waals surface area contributed by atoms with E-state index in [0.29, 0.717) is 12.8 Å². The van der Waals surface area contributed by atoms with Crippen LogP contribution >= 0.6 is 11.6 Å². The van der Waals surface area contributed by atoms with Crippen LogP contribution in [0.15, 0.2) is 18.2 Å². The van der Waals surface area contributed by atoms with Crippen molar-refractivity contribution >= 4 is 29.2 Å². The molecule has 0 spiro atoms. The molecule has 114 valence electrons. The Kier molecular flexibility index (Phi) is 4.83. The van der Waals surface area contributed by atoms with Crippen molar-refractivity contribution in [1.29, 1.82) is 0 Å². The number of carbonyl (C=O) groups is 2. The van der Waals surface area contributed by atoms with Crippen LogP contribution in [-0.4, -0.2) is 17.0 Å². The molecule has 4 nitrogen and oxygen atoms in total. The third-order valence-corrected chi connectivity index (χ3v) is 4.27. The van der Waals surface area contributed by atoms with Crippen LogP contribution in [0.3, 0.4) is 0 Å². The predicted octanol–water partition coefficient (Wildman–Crippen LogP) is 3.84. The second kappa shape index (κ2) is 6.43. The molecule has 6 heteroatoms. The highest BCUT2D eigenvalue weighted by atomic mass is 35.5. The molecule has 0 heterocycles. The zero-order valence-corrected chi connectivity index (χ0v) is 12.3. The normalized spacial score (nSPS) is 16.7. The fourth-order valence-electron chi connectivity index (χ4n) is 3.00. The van der Waals surface area contributed by atoms with Gasteiger partial charge < -0.3 is 10.4 Å². The zero-order valence-electron chi connectivity index (χ0n) is 11.5. The van der Waals surface area contributed by atoms with Crippen molar-refractivity contribution in [3.05, 3.63) is 29.0 Å². The highest BCUT2D eigenvalue weighted by Gasteiger charge is 2.38. The first-order valence-corrected chi connectivity index (χ1v) is 7.25. The molecule has 0 aliphatic heterocycles. The number of para-hydroxylation sites is 1. The molecule has 1 amide bonds. The molecule has 0 aromatic heterocycles. The second-order valence-corrected chi connectivity index (χ2v) is 6.01. The molecule has 1 saturated carbocycles. The minimum absolute atomic E-state index is 0.0363. The lowest BCUT2D eigenvalue weighted by atomic mass is 9.79. The molecule has 1 aromatic carbocycles. The molecule has 2 rings (SSSR count). The molecule has 0 saturated heterocycles. The van der Waals surface area contributed by atoms with Gasteiger partial charge in [-0.1, -0.05) is 30.5 Å². The van der Waals surface area contributed by atoms with E-state index in [9.17, 15) is 14.0 Å². The van der Waals surface area contributed by atoms with Gasteiger partial charge in [-0.25, -0.2) is 4.39 Å². The predicted molar refractivity (Wildman–Crippen MR) is 77.8 cm³/mol. The first kappa shape index (κ1) is 15.8. The van der Waals surface area contributed by atoms with Crippen LogP contribution in [0.25, 0.3) is 0 Å². The minimum atomic E-state index is -0.909. The van der Waals surface area contributed by atoms with Gasteiger partial charge in [-0.3, -0.25) is 9.59 Å². The van der Waals surface area contributed by atoms with Gasteiger partial charge in [-0.05, 0) is 30.4 Å². The number of rotatable bonds is 5. The summed E-state index contributed by atoms with van der Waals surface area (Å²) in [5.41, 5.74) is -0.569. The Morgan fingerprint density at radius 2 is 1.95 bits per heavy atom. The molecular formula is C15H17ClFNO3. The van der Waals surface area contributed by atoms with E-state index in [2.05, 4.69) is 5.32 Å². The topological polar surface area (TPSA) is 66.4 Å². The van der Waals surface area contributed by atoms with Crippen LogP contribution < -0.4 is 5.32 Å². The van der Waals surface area contributed by atoms with Crippen LogP contribution in [0.5, 0.6) is 0 Å². The second-order valence-electron chi connectivity index (χ2n) is 5.60. The van der Waals surface area contributed by atoms with Crippen molar-refractivity contribution in [1.82, 2.24) is 0 Å². The van der Waals surface area contributed by atoms with Gasteiger partial charge in [-0.15, -0.1) is 0 Å². The summed E-state index contributed by atoms with van der Waals surface area (Å²) < 4.78 is 13.6. The number of amides is 1. The molecule has 0 unspecified atom stereocenters. The number of carbonyl (C=O) groups excluding carboxylic acids is 1. The van der Waals surface area contributed by atoms with Gasteiger partial charge in [0.1, 0.15) is 5.82 Å². The largest absolute Gasteiger partial charge is 0.481 e. The van der Waals surface area contributed by atoms with E-state index in [1.165, 1.54) is 18.2 Å². The molecule has 1 aliphatic rings. The monoisotopic (exact) mass is 313 g/mol. The molecule has 1 aliphatic carbocycles. The maximum atomic E-state index is 13.6. The van der Waals surface area contributed by atoms with E-state index < -0.39 is 23.1 Å².